The third kappa shape index (κ3) is 3.63. The van der Waals surface area contributed by atoms with E-state index in [4.69, 9.17) is 5.11 Å². The van der Waals surface area contributed by atoms with E-state index in [2.05, 4.69) is 5.32 Å². The van der Waals surface area contributed by atoms with E-state index in [1.165, 1.54) is 6.07 Å². The van der Waals surface area contributed by atoms with E-state index in [9.17, 15) is 14.0 Å². The van der Waals surface area contributed by atoms with Gasteiger partial charge < -0.3 is 15.3 Å². The number of amides is 2. The van der Waals surface area contributed by atoms with E-state index >= 15 is 0 Å². The second kappa shape index (κ2) is 6.56. The molecule has 1 aromatic carbocycles. The second-order valence-corrected chi connectivity index (χ2v) is 6.47. The van der Waals surface area contributed by atoms with Crippen molar-refractivity contribution in [1.29, 1.82) is 0 Å². The molecule has 2 amide bonds. The van der Waals surface area contributed by atoms with Crippen molar-refractivity contribution in [2.45, 2.75) is 37.6 Å². The summed E-state index contributed by atoms with van der Waals surface area (Å²) < 4.78 is 13.2. The molecule has 23 heavy (non-hydrogen) atoms. The molecule has 0 unspecified atom stereocenters. The molecule has 1 saturated carbocycles. The minimum atomic E-state index is -0.776. The predicted octanol–water partition coefficient (Wildman–Crippen LogP) is 2.58. The van der Waals surface area contributed by atoms with Crippen LogP contribution in [0.25, 0.3) is 0 Å². The number of nitrogens with one attached hydrogen (secondary N) is 1. The molecule has 0 atom stereocenters. The van der Waals surface area contributed by atoms with E-state index in [0.717, 1.165) is 18.4 Å². The zero-order valence-electron chi connectivity index (χ0n) is 12.9. The standard InChI is InChI=1S/C17H21FN2O3/c18-14-3-1-2-12(8-14)13-9-15(10-13)19-17(23)20-6-4-11(5-7-20)16(21)22/h1-3,8,11,13,15H,4-7,9-10H2,(H,19,23)(H,21,22). The van der Waals surface area contributed by atoms with Crippen LogP contribution >= 0.6 is 0 Å². The largest absolute Gasteiger partial charge is 0.481 e. The average molecular weight is 320 g/mol. The molecule has 0 radical (unpaired) electrons. The van der Waals surface area contributed by atoms with Crippen LogP contribution in [-0.2, 0) is 4.79 Å². The number of halogens is 1. The van der Waals surface area contributed by atoms with Gasteiger partial charge in [0.2, 0.25) is 0 Å². The fourth-order valence-corrected chi connectivity index (χ4v) is 3.36. The van der Waals surface area contributed by atoms with Crippen LogP contribution in [0.2, 0.25) is 0 Å². The second-order valence-electron chi connectivity index (χ2n) is 6.47. The fourth-order valence-electron chi connectivity index (χ4n) is 3.36. The molecule has 0 spiro atoms. The van der Waals surface area contributed by atoms with Crippen molar-refractivity contribution in [3.8, 4) is 0 Å². The van der Waals surface area contributed by atoms with Crippen LogP contribution in [0.3, 0.4) is 0 Å². The molecule has 124 valence electrons. The van der Waals surface area contributed by atoms with Crippen molar-refractivity contribution in [2.75, 3.05) is 13.1 Å². The monoisotopic (exact) mass is 320 g/mol. The SMILES string of the molecule is O=C(O)C1CCN(C(=O)NC2CC(c3cccc(F)c3)C2)CC1. The van der Waals surface area contributed by atoms with E-state index in [0.29, 0.717) is 31.8 Å². The third-order valence-corrected chi connectivity index (χ3v) is 4.92. The Balaban J connectivity index is 1.43. The summed E-state index contributed by atoms with van der Waals surface area (Å²) in [4.78, 5) is 24.8. The zero-order chi connectivity index (χ0) is 16.4. The number of carboxylic acids is 1. The van der Waals surface area contributed by atoms with Crippen LogP contribution in [-0.4, -0.2) is 41.1 Å². The molecular formula is C17H21FN2O3. The molecule has 6 heteroatoms. The van der Waals surface area contributed by atoms with Gasteiger partial charge in [-0.1, -0.05) is 12.1 Å². The predicted molar refractivity (Wildman–Crippen MR) is 82.6 cm³/mol. The lowest BCUT2D eigenvalue weighted by atomic mass is 9.76. The quantitative estimate of drug-likeness (QED) is 0.899. The van der Waals surface area contributed by atoms with Crippen LogP contribution in [0.1, 0.15) is 37.2 Å². The summed E-state index contributed by atoms with van der Waals surface area (Å²) in [5.41, 5.74) is 0.984. The lowest BCUT2D eigenvalue weighted by molar-refractivity contribution is -0.143. The first-order chi connectivity index (χ1) is 11.0. The normalized spacial score (nSPS) is 24.8. The van der Waals surface area contributed by atoms with E-state index in [1.807, 2.05) is 6.07 Å². The molecule has 2 aliphatic rings. The lowest BCUT2D eigenvalue weighted by Crippen LogP contribution is -2.51. The van der Waals surface area contributed by atoms with Gasteiger partial charge in [0, 0.05) is 19.1 Å². The summed E-state index contributed by atoms with van der Waals surface area (Å²) in [6.45, 7) is 0.978. The average Bonchev–Trinajstić information content (AvgIpc) is 2.50. The Morgan fingerprint density at radius 3 is 2.52 bits per heavy atom. The van der Waals surface area contributed by atoms with E-state index in [1.54, 1.807) is 17.0 Å². The van der Waals surface area contributed by atoms with Gasteiger partial charge in [-0.05, 0) is 49.3 Å². The Bertz CT molecular complexity index is 593. The molecule has 1 aliphatic carbocycles. The molecule has 5 nitrogen and oxygen atoms in total. The van der Waals surface area contributed by atoms with Gasteiger partial charge in [-0.2, -0.15) is 0 Å². The number of carbonyl (C=O) groups is 2. The molecule has 1 aliphatic heterocycles. The first-order valence-corrected chi connectivity index (χ1v) is 8.06. The molecule has 2 N–H and O–H groups in total. The number of carbonyl (C=O) groups excluding carboxylic acids is 1. The Hall–Kier alpha value is -2.11. The Morgan fingerprint density at radius 1 is 1.22 bits per heavy atom. The first-order valence-electron chi connectivity index (χ1n) is 8.06. The highest BCUT2D eigenvalue weighted by atomic mass is 19.1. The minimum Gasteiger partial charge on any atom is -0.481 e. The van der Waals surface area contributed by atoms with Gasteiger partial charge in [-0.3, -0.25) is 4.79 Å². The van der Waals surface area contributed by atoms with Gasteiger partial charge in [-0.25, -0.2) is 9.18 Å². The summed E-state index contributed by atoms with van der Waals surface area (Å²) >= 11 is 0. The highest BCUT2D eigenvalue weighted by Gasteiger charge is 2.33. The highest BCUT2D eigenvalue weighted by Crippen LogP contribution is 2.37. The van der Waals surface area contributed by atoms with Crippen molar-refractivity contribution in [1.82, 2.24) is 10.2 Å². The fraction of sp³-hybridized carbons (Fsp3) is 0.529. The van der Waals surface area contributed by atoms with Gasteiger partial charge in [0.25, 0.3) is 0 Å². The smallest absolute Gasteiger partial charge is 0.317 e. The molecule has 0 aromatic heterocycles. The van der Waals surface area contributed by atoms with Gasteiger partial charge in [0.1, 0.15) is 5.82 Å². The number of likely N-dealkylation sites (tertiary alicyclic amines) is 1. The number of urea groups is 1. The molecular weight excluding hydrogens is 299 g/mol. The van der Waals surface area contributed by atoms with E-state index in [-0.39, 0.29) is 23.8 Å². The van der Waals surface area contributed by atoms with Crippen LogP contribution in [0.5, 0.6) is 0 Å². The highest BCUT2D eigenvalue weighted by molar-refractivity contribution is 5.75. The van der Waals surface area contributed by atoms with Crippen LogP contribution in [0.15, 0.2) is 24.3 Å². The molecule has 1 aromatic rings. The summed E-state index contributed by atoms with van der Waals surface area (Å²) in [5.74, 6) is -1.04. The molecule has 3 rings (SSSR count). The van der Waals surface area contributed by atoms with Gasteiger partial charge >= 0.3 is 12.0 Å². The molecule has 2 fully saturated rings. The van der Waals surface area contributed by atoms with Gasteiger partial charge in [0.05, 0.1) is 5.92 Å². The van der Waals surface area contributed by atoms with Crippen molar-refractivity contribution in [3.63, 3.8) is 0 Å². The van der Waals surface area contributed by atoms with Crippen molar-refractivity contribution in [3.05, 3.63) is 35.6 Å². The third-order valence-electron chi connectivity index (χ3n) is 4.92. The number of benzene rings is 1. The topological polar surface area (TPSA) is 69.6 Å². The Morgan fingerprint density at radius 2 is 1.91 bits per heavy atom. The summed E-state index contributed by atoms with van der Waals surface area (Å²) in [5, 5.41) is 12.0. The maximum Gasteiger partial charge on any atom is 0.317 e. The summed E-state index contributed by atoms with van der Waals surface area (Å²) in [6.07, 6.45) is 2.67. The summed E-state index contributed by atoms with van der Waals surface area (Å²) in [6, 6.07) is 6.62. The number of hydrogen-bond acceptors (Lipinski definition) is 2. The number of carboxylic acid groups (broad SMARTS) is 1. The van der Waals surface area contributed by atoms with Crippen LogP contribution in [0, 0.1) is 11.7 Å². The lowest BCUT2D eigenvalue weighted by Gasteiger charge is -2.38. The molecule has 1 heterocycles. The summed E-state index contributed by atoms with van der Waals surface area (Å²) in [7, 11) is 0. The van der Waals surface area contributed by atoms with Crippen molar-refractivity contribution >= 4 is 12.0 Å². The Labute approximate surface area is 134 Å². The van der Waals surface area contributed by atoms with Crippen molar-refractivity contribution in [2.24, 2.45) is 5.92 Å². The van der Waals surface area contributed by atoms with E-state index < -0.39 is 5.97 Å². The number of nitrogens with zero attached hydrogens (tertiary/aromatic N) is 1. The zero-order valence-corrected chi connectivity index (χ0v) is 12.9. The maximum absolute atomic E-state index is 13.2. The van der Waals surface area contributed by atoms with Crippen molar-refractivity contribution < 1.29 is 19.1 Å². The van der Waals surface area contributed by atoms with Crippen LogP contribution in [0.4, 0.5) is 9.18 Å². The van der Waals surface area contributed by atoms with Gasteiger partial charge in [0.15, 0.2) is 0 Å². The number of aliphatic carboxylic acids is 1. The molecule has 0 bridgehead atoms. The Kier molecular flexibility index (Phi) is 4.50. The first kappa shape index (κ1) is 15.8. The minimum absolute atomic E-state index is 0.114. The van der Waals surface area contributed by atoms with Gasteiger partial charge in [-0.15, -0.1) is 0 Å². The number of piperidine rings is 1. The number of hydrogen-bond donors (Lipinski definition) is 2. The maximum atomic E-state index is 13.2. The number of rotatable bonds is 3. The molecule has 1 saturated heterocycles. The van der Waals surface area contributed by atoms with Crippen LogP contribution < -0.4 is 5.32 Å².